The van der Waals surface area contributed by atoms with Crippen LogP contribution in [0.1, 0.15) is 0 Å². The van der Waals surface area contributed by atoms with Crippen molar-refractivity contribution in [2.45, 2.75) is 0 Å². The monoisotopic (exact) mass is 328 g/mol. The maximum Gasteiger partial charge on any atom is 0.327 e. The lowest BCUT2D eigenvalue weighted by atomic mass is 10.2. The van der Waals surface area contributed by atoms with E-state index in [0.717, 1.165) is 0 Å². The SMILES string of the molecule is Cn1c(=O)[nH]c2c(N3CCN(c4ccccc4F)CC3)ncnc21. The largest absolute Gasteiger partial charge is 0.366 e. The molecule has 1 aromatic carbocycles. The topological polar surface area (TPSA) is 70.1 Å². The molecule has 0 bridgehead atoms. The number of aryl methyl sites for hydroxylation is 1. The molecule has 0 unspecified atom stereocenters. The van der Waals surface area contributed by atoms with Crippen LogP contribution in [0, 0.1) is 5.82 Å². The Morgan fingerprint density at radius 1 is 1.08 bits per heavy atom. The van der Waals surface area contributed by atoms with E-state index in [1.165, 1.54) is 17.0 Å². The molecule has 1 aliphatic heterocycles. The Morgan fingerprint density at radius 2 is 1.79 bits per heavy atom. The highest BCUT2D eigenvalue weighted by Gasteiger charge is 2.22. The number of para-hydroxylation sites is 1. The number of hydrogen-bond acceptors (Lipinski definition) is 5. The Labute approximate surface area is 137 Å². The first-order valence-corrected chi connectivity index (χ1v) is 7.79. The molecular formula is C16H17FN6O. The van der Waals surface area contributed by atoms with Crippen LogP contribution in [-0.4, -0.2) is 45.7 Å². The summed E-state index contributed by atoms with van der Waals surface area (Å²) in [6, 6.07) is 6.80. The molecule has 0 aliphatic carbocycles. The van der Waals surface area contributed by atoms with Gasteiger partial charge in [-0.05, 0) is 12.1 Å². The van der Waals surface area contributed by atoms with Crippen molar-refractivity contribution in [1.29, 1.82) is 0 Å². The summed E-state index contributed by atoms with van der Waals surface area (Å²) < 4.78 is 15.4. The number of fused-ring (bicyclic) bond motifs is 1. The average molecular weight is 328 g/mol. The lowest BCUT2D eigenvalue weighted by Gasteiger charge is -2.36. The van der Waals surface area contributed by atoms with Crippen molar-refractivity contribution in [3.63, 3.8) is 0 Å². The Balaban J connectivity index is 1.60. The first kappa shape index (κ1) is 14.7. The zero-order chi connectivity index (χ0) is 16.7. The number of anilines is 2. The molecule has 0 amide bonds. The second kappa shape index (κ2) is 5.63. The number of nitrogens with zero attached hydrogens (tertiary/aromatic N) is 5. The fourth-order valence-electron chi connectivity index (χ4n) is 3.13. The standard InChI is InChI=1S/C16H17FN6O/c1-21-14-13(20-16(21)24)15(19-10-18-14)23-8-6-22(7-9-23)12-5-3-2-4-11(12)17/h2-5,10H,6-9H2,1H3,(H,20,24). The minimum atomic E-state index is -0.211. The number of imidazole rings is 1. The van der Waals surface area contributed by atoms with Gasteiger partial charge in [0.25, 0.3) is 0 Å². The van der Waals surface area contributed by atoms with E-state index in [1.807, 2.05) is 11.0 Å². The van der Waals surface area contributed by atoms with E-state index in [1.54, 1.807) is 19.2 Å². The van der Waals surface area contributed by atoms with Crippen LogP contribution in [0.4, 0.5) is 15.9 Å². The molecule has 7 nitrogen and oxygen atoms in total. The van der Waals surface area contributed by atoms with Gasteiger partial charge in [0.2, 0.25) is 0 Å². The molecule has 4 rings (SSSR count). The third-order valence-electron chi connectivity index (χ3n) is 4.43. The smallest absolute Gasteiger partial charge is 0.327 e. The molecule has 124 valence electrons. The zero-order valence-corrected chi connectivity index (χ0v) is 13.2. The normalized spacial score (nSPS) is 15.2. The van der Waals surface area contributed by atoms with E-state index < -0.39 is 0 Å². The summed E-state index contributed by atoms with van der Waals surface area (Å²) in [5.74, 6) is 0.508. The van der Waals surface area contributed by atoms with E-state index in [2.05, 4.69) is 19.9 Å². The highest BCUT2D eigenvalue weighted by molar-refractivity contribution is 5.83. The highest BCUT2D eigenvalue weighted by Crippen LogP contribution is 2.24. The van der Waals surface area contributed by atoms with Gasteiger partial charge in [0.15, 0.2) is 11.5 Å². The fourth-order valence-corrected chi connectivity index (χ4v) is 3.13. The molecule has 8 heteroatoms. The number of aromatic nitrogens is 4. The minimum absolute atomic E-state index is 0.206. The molecule has 0 saturated carbocycles. The number of aromatic amines is 1. The van der Waals surface area contributed by atoms with Crippen LogP contribution < -0.4 is 15.5 Å². The number of H-pyrrole nitrogens is 1. The van der Waals surface area contributed by atoms with Crippen molar-refractivity contribution in [3.8, 4) is 0 Å². The third kappa shape index (κ3) is 2.31. The quantitative estimate of drug-likeness (QED) is 0.763. The number of halogens is 1. The Kier molecular flexibility index (Phi) is 3.44. The molecule has 2 aromatic heterocycles. The van der Waals surface area contributed by atoms with Crippen LogP contribution in [0.15, 0.2) is 35.4 Å². The Hall–Kier alpha value is -2.90. The first-order chi connectivity index (χ1) is 11.6. The van der Waals surface area contributed by atoms with Gasteiger partial charge in [0.05, 0.1) is 5.69 Å². The Bertz CT molecular complexity index is 941. The van der Waals surface area contributed by atoms with Crippen LogP contribution >= 0.6 is 0 Å². The van der Waals surface area contributed by atoms with Crippen molar-refractivity contribution in [3.05, 3.63) is 46.9 Å². The number of piperazine rings is 1. The van der Waals surface area contributed by atoms with Crippen LogP contribution in [0.25, 0.3) is 11.2 Å². The molecule has 1 saturated heterocycles. The molecule has 0 atom stereocenters. The summed E-state index contributed by atoms with van der Waals surface area (Å²) in [7, 11) is 1.67. The van der Waals surface area contributed by atoms with Gasteiger partial charge in [-0.3, -0.25) is 4.57 Å². The molecule has 1 N–H and O–H groups in total. The van der Waals surface area contributed by atoms with E-state index in [4.69, 9.17) is 0 Å². The van der Waals surface area contributed by atoms with E-state index in [-0.39, 0.29) is 11.5 Å². The van der Waals surface area contributed by atoms with Gasteiger partial charge in [-0.2, -0.15) is 0 Å². The molecule has 1 aliphatic rings. The second-order valence-electron chi connectivity index (χ2n) is 5.81. The molecule has 0 radical (unpaired) electrons. The molecule has 24 heavy (non-hydrogen) atoms. The van der Waals surface area contributed by atoms with E-state index >= 15 is 0 Å². The van der Waals surface area contributed by atoms with Crippen LogP contribution in [0.3, 0.4) is 0 Å². The first-order valence-electron chi connectivity index (χ1n) is 7.79. The highest BCUT2D eigenvalue weighted by atomic mass is 19.1. The van der Waals surface area contributed by atoms with Gasteiger partial charge in [-0.1, -0.05) is 12.1 Å². The molecule has 3 heterocycles. The van der Waals surface area contributed by atoms with Crippen molar-refractivity contribution in [1.82, 2.24) is 19.5 Å². The van der Waals surface area contributed by atoms with Crippen molar-refractivity contribution >= 4 is 22.7 Å². The number of rotatable bonds is 2. The second-order valence-corrected chi connectivity index (χ2v) is 5.81. The lowest BCUT2D eigenvalue weighted by Crippen LogP contribution is -2.47. The van der Waals surface area contributed by atoms with Gasteiger partial charge in [0.1, 0.15) is 17.7 Å². The van der Waals surface area contributed by atoms with Crippen molar-refractivity contribution < 1.29 is 4.39 Å². The van der Waals surface area contributed by atoms with E-state index in [9.17, 15) is 9.18 Å². The number of nitrogens with one attached hydrogen (secondary N) is 1. The van der Waals surface area contributed by atoms with Crippen LogP contribution in [0.5, 0.6) is 0 Å². The third-order valence-corrected chi connectivity index (χ3v) is 4.43. The minimum Gasteiger partial charge on any atom is -0.366 e. The van der Waals surface area contributed by atoms with Crippen molar-refractivity contribution in [2.75, 3.05) is 36.0 Å². The fraction of sp³-hybridized carbons (Fsp3) is 0.312. The molecule has 1 fully saturated rings. The van der Waals surface area contributed by atoms with Gasteiger partial charge < -0.3 is 14.8 Å². The zero-order valence-electron chi connectivity index (χ0n) is 13.2. The summed E-state index contributed by atoms with van der Waals surface area (Å²) in [4.78, 5) is 27.3. The summed E-state index contributed by atoms with van der Waals surface area (Å²) in [5, 5.41) is 0. The van der Waals surface area contributed by atoms with Crippen molar-refractivity contribution in [2.24, 2.45) is 7.05 Å². The predicted octanol–water partition coefficient (Wildman–Crippen LogP) is 1.12. The number of hydrogen-bond donors (Lipinski definition) is 1. The summed E-state index contributed by atoms with van der Waals surface area (Å²) >= 11 is 0. The average Bonchev–Trinajstić information content (AvgIpc) is 2.90. The predicted molar refractivity (Wildman–Crippen MR) is 90.0 cm³/mol. The lowest BCUT2D eigenvalue weighted by molar-refractivity contribution is 0.596. The van der Waals surface area contributed by atoms with E-state index in [0.29, 0.717) is 48.8 Å². The summed E-state index contributed by atoms with van der Waals surface area (Å²) in [5.41, 5.74) is 1.64. The molecule has 3 aromatic rings. The Morgan fingerprint density at radius 3 is 2.54 bits per heavy atom. The summed E-state index contributed by atoms with van der Waals surface area (Å²) in [6.45, 7) is 2.75. The van der Waals surface area contributed by atoms with Crippen LogP contribution in [0.2, 0.25) is 0 Å². The van der Waals surface area contributed by atoms with Gasteiger partial charge in [-0.25, -0.2) is 19.2 Å². The van der Waals surface area contributed by atoms with Crippen LogP contribution in [-0.2, 0) is 7.05 Å². The van der Waals surface area contributed by atoms with Gasteiger partial charge in [0, 0.05) is 33.2 Å². The maximum absolute atomic E-state index is 13.9. The maximum atomic E-state index is 13.9. The molecular weight excluding hydrogens is 311 g/mol. The molecule has 0 spiro atoms. The van der Waals surface area contributed by atoms with Gasteiger partial charge in [-0.15, -0.1) is 0 Å². The number of benzene rings is 1. The summed E-state index contributed by atoms with van der Waals surface area (Å²) in [6.07, 6.45) is 1.47. The van der Waals surface area contributed by atoms with Gasteiger partial charge >= 0.3 is 5.69 Å².